The fourth-order valence-electron chi connectivity index (χ4n) is 1.14. The van der Waals surface area contributed by atoms with Gasteiger partial charge in [-0.1, -0.05) is 26.2 Å². The molecule has 0 aliphatic rings. The summed E-state index contributed by atoms with van der Waals surface area (Å²) in [5, 5.41) is 0. The Morgan fingerprint density at radius 2 is 2.14 bits per heavy atom. The van der Waals surface area contributed by atoms with E-state index in [0.29, 0.717) is 18.3 Å². The van der Waals surface area contributed by atoms with E-state index in [2.05, 4.69) is 16.9 Å². The molecule has 0 saturated carbocycles. The number of hydrogen-bond acceptors (Lipinski definition) is 4. The molecule has 0 unspecified atom stereocenters. The van der Waals surface area contributed by atoms with Gasteiger partial charge in [0.05, 0.1) is 19.0 Å². The summed E-state index contributed by atoms with van der Waals surface area (Å²) in [6.45, 7) is 2.88. The van der Waals surface area contributed by atoms with E-state index in [9.17, 15) is 0 Å². The SMILES string of the molecule is CCCCCCOc1cncc(N)n1. The van der Waals surface area contributed by atoms with Gasteiger partial charge in [0.15, 0.2) is 0 Å². The zero-order valence-electron chi connectivity index (χ0n) is 8.57. The molecule has 0 bridgehead atoms. The molecular weight excluding hydrogens is 178 g/mol. The van der Waals surface area contributed by atoms with Crippen LogP contribution in [0.3, 0.4) is 0 Å². The summed E-state index contributed by atoms with van der Waals surface area (Å²) in [6, 6.07) is 0. The Balaban J connectivity index is 2.18. The maximum atomic E-state index is 5.46. The second-order valence-corrected chi connectivity index (χ2v) is 3.19. The first-order valence-corrected chi connectivity index (χ1v) is 5.03. The van der Waals surface area contributed by atoms with Gasteiger partial charge in [0.25, 0.3) is 0 Å². The summed E-state index contributed by atoms with van der Waals surface area (Å²) in [4.78, 5) is 7.87. The van der Waals surface area contributed by atoms with Crippen LogP contribution in [-0.2, 0) is 0 Å². The second kappa shape index (κ2) is 6.18. The fraction of sp³-hybridized carbons (Fsp3) is 0.600. The smallest absolute Gasteiger partial charge is 0.234 e. The molecule has 14 heavy (non-hydrogen) atoms. The van der Waals surface area contributed by atoms with Gasteiger partial charge in [0.2, 0.25) is 5.88 Å². The monoisotopic (exact) mass is 195 g/mol. The molecule has 2 N–H and O–H groups in total. The lowest BCUT2D eigenvalue weighted by Crippen LogP contribution is -2.01. The van der Waals surface area contributed by atoms with Crippen LogP contribution in [0.15, 0.2) is 12.4 Å². The van der Waals surface area contributed by atoms with Crippen molar-refractivity contribution in [2.24, 2.45) is 0 Å². The molecule has 4 nitrogen and oxygen atoms in total. The maximum absolute atomic E-state index is 5.46. The van der Waals surface area contributed by atoms with Crippen LogP contribution in [0.2, 0.25) is 0 Å². The Morgan fingerprint density at radius 3 is 2.86 bits per heavy atom. The number of nitrogen functional groups attached to an aromatic ring is 1. The number of nitrogens with zero attached hydrogens (tertiary/aromatic N) is 2. The Morgan fingerprint density at radius 1 is 1.29 bits per heavy atom. The van der Waals surface area contributed by atoms with Gasteiger partial charge in [-0.05, 0) is 6.42 Å². The molecule has 1 aromatic heterocycles. The molecule has 1 aromatic rings. The minimum absolute atomic E-state index is 0.399. The van der Waals surface area contributed by atoms with Crippen LogP contribution in [-0.4, -0.2) is 16.6 Å². The summed E-state index contributed by atoms with van der Waals surface area (Å²) in [5.41, 5.74) is 5.46. The topological polar surface area (TPSA) is 61.0 Å². The first-order valence-electron chi connectivity index (χ1n) is 5.03. The van der Waals surface area contributed by atoms with Gasteiger partial charge in [-0.15, -0.1) is 0 Å². The van der Waals surface area contributed by atoms with Crippen LogP contribution in [0.5, 0.6) is 5.88 Å². The summed E-state index contributed by atoms with van der Waals surface area (Å²) in [7, 11) is 0. The number of nitrogens with two attached hydrogens (primary N) is 1. The first-order chi connectivity index (χ1) is 6.83. The van der Waals surface area contributed by atoms with E-state index < -0.39 is 0 Å². The third-order valence-electron chi connectivity index (χ3n) is 1.88. The minimum Gasteiger partial charge on any atom is -0.477 e. The lowest BCUT2D eigenvalue weighted by atomic mass is 10.2. The van der Waals surface area contributed by atoms with E-state index >= 15 is 0 Å². The lowest BCUT2D eigenvalue weighted by Gasteiger charge is -2.04. The third-order valence-corrected chi connectivity index (χ3v) is 1.88. The highest BCUT2D eigenvalue weighted by molar-refractivity contribution is 5.25. The molecule has 0 aliphatic carbocycles. The van der Waals surface area contributed by atoms with Crippen molar-refractivity contribution in [2.75, 3.05) is 12.3 Å². The Kier molecular flexibility index (Phi) is 4.75. The predicted octanol–water partition coefficient (Wildman–Crippen LogP) is 2.02. The molecule has 1 heterocycles. The third kappa shape index (κ3) is 4.07. The van der Waals surface area contributed by atoms with Crippen LogP contribution >= 0.6 is 0 Å². The zero-order valence-corrected chi connectivity index (χ0v) is 8.57. The quantitative estimate of drug-likeness (QED) is 0.705. The molecular formula is C10H17N3O. The number of unbranched alkanes of at least 4 members (excludes halogenated alkanes) is 3. The van der Waals surface area contributed by atoms with Gasteiger partial charge < -0.3 is 10.5 Å². The maximum Gasteiger partial charge on any atom is 0.234 e. The van der Waals surface area contributed by atoms with Gasteiger partial charge in [0.1, 0.15) is 5.82 Å². The average molecular weight is 195 g/mol. The Labute approximate surface area is 84.5 Å². The largest absolute Gasteiger partial charge is 0.477 e. The normalized spacial score (nSPS) is 10.1. The van der Waals surface area contributed by atoms with Crippen molar-refractivity contribution in [1.82, 2.24) is 9.97 Å². The molecule has 0 fully saturated rings. The van der Waals surface area contributed by atoms with Crippen LogP contribution in [0.25, 0.3) is 0 Å². The van der Waals surface area contributed by atoms with Gasteiger partial charge in [0, 0.05) is 0 Å². The molecule has 0 atom stereocenters. The molecule has 78 valence electrons. The molecule has 1 rings (SSSR count). The van der Waals surface area contributed by atoms with Gasteiger partial charge in [-0.25, -0.2) is 0 Å². The summed E-state index contributed by atoms with van der Waals surface area (Å²) < 4.78 is 5.38. The summed E-state index contributed by atoms with van der Waals surface area (Å²) >= 11 is 0. The molecule has 0 spiro atoms. The van der Waals surface area contributed by atoms with Crippen molar-refractivity contribution in [3.05, 3.63) is 12.4 Å². The highest BCUT2D eigenvalue weighted by Crippen LogP contribution is 2.07. The predicted molar refractivity (Wildman–Crippen MR) is 56.1 cm³/mol. The van der Waals surface area contributed by atoms with Gasteiger partial charge in [-0.2, -0.15) is 4.98 Å². The molecule has 0 aliphatic heterocycles. The number of anilines is 1. The summed E-state index contributed by atoms with van der Waals surface area (Å²) in [5.74, 6) is 0.914. The molecule has 0 radical (unpaired) electrons. The van der Waals surface area contributed by atoms with Crippen LogP contribution in [0.4, 0.5) is 5.82 Å². The van der Waals surface area contributed by atoms with Crippen LogP contribution < -0.4 is 10.5 Å². The highest BCUT2D eigenvalue weighted by Gasteiger charge is 1.96. The first kappa shape index (κ1) is 10.8. The van der Waals surface area contributed by atoms with Crippen LogP contribution in [0, 0.1) is 0 Å². The van der Waals surface area contributed by atoms with Crippen molar-refractivity contribution in [3.63, 3.8) is 0 Å². The van der Waals surface area contributed by atoms with Crippen molar-refractivity contribution < 1.29 is 4.74 Å². The average Bonchev–Trinajstić information content (AvgIpc) is 2.18. The molecule has 0 amide bonds. The van der Waals surface area contributed by atoms with E-state index in [-0.39, 0.29) is 0 Å². The van der Waals surface area contributed by atoms with E-state index in [1.807, 2.05) is 0 Å². The van der Waals surface area contributed by atoms with E-state index in [4.69, 9.17) is 10.5 Å². The van der Waals surface area contributed by atoms with Gasteiger partial charge in [-0.3, -0.25) is 4.98 Å². The molecule has 0 saturated heterocycles. The van der Waals surface area contributed by atoms with E-state index in [1.165, 1.54) is 25.5 Å². The van der Waals surface area contributed by atoms with Crippen molar-refractivity contribution in [3.8, 4) is 5.88 Å². The summed E-state index contributed by atoms with van der Waals surface area (Å²) in [6.07, 6.45) is 7.83. The number of aromatic nitrogens is 2. The fourth-order valence-corrected chi connectivity index (χ4v) is 1.14. The van der Waals surface area contributed by atoms with Crippen molar-refractivity contribution in [2.45, 2.75) is 32.6 Å². The van der Waals surface area contributed by atoms with Crippen molar-refractivity contribution in [1.29, 1.82) is 0 Å². The Hall–Kier alpha value is -1.32. The number of rotatable bonds is 6. The number of hydrogen-bond donors (Lipinski definition) is 1. The van der Waals surface area contributed by atoms with Crippen LogP contribution in [0.1, 0.15) is 32.6 Å². The number of ether oxygens (including phenoxy) is 1. The lowest BCUT2D eigenvalue weighted by molar-refractivity contribution is 0.293. The highest BCUT2D eigenvalue weighted by atomic mass is 16.5. The Bertz CT molecular complexity index is 265. The standard InChI is InChI=1S/C10H17N3O/c1-2-3-4-5-6-14-10-8-12-7-9(11)13-10/h7-8H,2-6H2,1H3,(H2,11,13). The van der Waals surface area contributed by atoms with E-state index in [1.54, 1.807) is 6.20 Å². The van der Waals surface area contributed by atoms with Gasteiger partial charge >= 0.3 is 0 Å². The van der Waals surface area contributed by atoms with Crippen molar-refractivity contribution >= 4 is 5.82 Å². The molecule has 0 aromatic carbocycles. The minimum atomic E-state index is 0.399. The second-order valence-electron chi connectivity index (χ2n) is 3.19. The van der Waals surface area contributed by atoms with E-state index in [0.717, 1.165) is 6.42 Å². The molecule has 4 heteroatoms. The zero-order chi connectivity index (χ0) is 10.2.